The van der Waals surface area contributed by atoms with Crippen molar-refractivity contribution in [2.45, 2.75) is 26.0 Å². The first-order valence-corrected chi connectivity index (χ1v) is 13.3. The number of ether oxygens (including phenoxy) is 2. The van der Waals surface area contributed by atoms with Gasteiger partial charge in [-0.2, -0.15) is 0 Å². The monoisotopic (exact) mass is 544 g/mol. The van der Waals surface area contributed by atoms with Gasteiger partial charge in [0.1, 0.15) is 12.4 Å². The molecule has 0 saturated heterocycles. The summed E-state index contributed by atoms with van der Waals surface area (Å²) in [7, 11) is 1.34. The third-order valence-corrected chi connectivity index (χ3v) is 7.66. The Morgan fingerprint density at radius 1 is 1.05 bits per heavy atom. The van der Waals surface area contributed by atoms with Crippen molar-refractivity contribution in [3.8, 4) is 5.75 Å². The molecule has 0 fully saturated rings. The molecule has 0 saturated carbocycles. The van der Waals surface area contributed by atoms with Crippen LogP contribution in [0.4, 0.5) is 0 Å². The highest BCUT2D eigenvalue weighted by atomic mass is 35.5. The Bertz CT molecular complexity index is 1710. The minimum absolute atomic E-state index is 0.236. The van der Waals surface area contributed by atoms with Crippen LogP contribution in [0.25, 0.3) is 6.08 Å². The fourth-order valence-electron chi connectivity index (χ4n) is 4.46. The summed E-state index contributed by atoms with van der Waals surface area (Å²) in [5.41, 5.74) is 3.19. The van der Waals surface area contributed by atoms with E-state index in [1.165, 1.54) is 18.4 Å². The van der Waals surface area contributed by atoms with E-state index in [2.05, 4.69) is 0 Å². The van der Waals surface area contributed by atoms with E-state index in [1.807, 2.05) is 85.8 Å². The van der Waals surface area contributed by atoms with E-state index in [0.29, 0.717) is 44.4 Å². The normalized spacial score (nSPS) is 15.1. The lowest BCUT2D eigenvalue weighted by molar-refractivity contribution is -0.136. The first-order valence-electron chi connectivity index (χ1n) is 12.1. The second-order valence-electron chi connectivity index (χ2n) is 8.62. The SMILES string of the molecule is CCC1=C(C(=O)OC)[C@@H](c2ccccc2)n2c(s/c(=C/c3ccccc3OCc3ccccc3Cl)c2=O)=N1. The van der Waals surface area contributed by atoms with Gasteiger partial charge in [-0.1, -0.05) is 96.6 Å². The van der Waals surface area contributed by atoms with Gasteiger partial charge in [-0.25, -0.2) is 9.79 Å². The van der Waals surface area contributed by atoms with Crippen molar-refractivity contribution >= 4 is 35.0 Å². The number of hydrogen-bond acceptors (Lipinski definition) is 6. The molecular formula is C30H25ClN2O4S. The molecule has 0 aliphatic carbocycles. The van der Waals surface area contributed by atoms with Crippen LogP contribution < -0.4 is 19.6 Å². The summed E-state index contributed by atoms with van der Waals surface area (Å²) in [6, 6.07) is 23.9. The van der Waals surface area contributed by atoms with Gasteiger partial charge in [0.15, 0.2) is 4.80 Å². The van der Waals surface area contributed by atoms with Gasteiger partial charge < -0.3 is 9.47 Å². The average molecular weight is 545 g/mol. The second kappa shape index (κ2) is 11.2. The smallest absolute Gasteiger partial charge is 0.338 e. The Kier molecular flexibility index (Phi) is 7.58. The van der Waals surface area contributed by atoms with Crippen LogP contribution in [0.15, 0.2) is 99.9 Å². The number of rotatable bonds is 7. The molecule has 0 N–H and O–H groups in total. The van der Waals surface area contributed by atoms with Gasteiger partial charge in [-0.3, -0.25) is 9.36 Å². The van der Waals surface area contributed by atoms with Crippen LogP contribution in [0.2, 0.25) is 5.02 Å². The van der Waals surface area contributed by atoms with Gasteiger partial charge in [-0.05, 0) is 30.2 Å². The summed E-state index contributed by atoms with van der Waals surface area (Å²) in [6.45, 7) is 2.23. The summed E-state index contributed by atoms with van der Waals surface area (Å²) >= 11 is 7.58. The standard InChI is InChI=1S/C30H25ClN2O4S/c1-3-23-26(29(35)36-2)27(19-11-5-4-6-12-19)33-28(34)25(38-30(33)32-23)17-20-13-8-10-16-24(20)37-18-21-14-7-9-15-22(21)31/h4-17,27H,3,18H2,1-2H3/b25-17+/t27-/m1/s1. The molecule has 2 heterocycles. The number of thiazole rings is 1. The van der Waals surface area contributed by atoms with Gasteiger partial charge in [0.2, 0.25) is 0 Å². The molecule has 1 aromatic heterocycles. The predicted molar refractivity (Wildman–Crippen MR) is 149 cm³/mol. The maximum Gasteiger partial charge on any atom is 0.338 e. The lowest BCUT2D eigenvalue weighted by atomic mass is 9.95. The van der Waals surface area contributed by atoms with Crippen LogP contribution in [0.1, 0.15) is 36.1 Å². The molecule has 4 aromatic rings. The molecule has 38 heavy (non-hydrogen) atoms. The van der Waals surface area contributed by atoms with Crippen LogP contribution in [-0.2, 0) is 16.1 Å². The molecule has 3 aromatic carbocycles. The quantitative estimate of drug-likeness (QED) is 0.306. The molecular weight excluding hydrogens is 520 g/mol. The highest BCUT2D eigenvalue weighted by molar-refractivity contribution is 7.07. The Hall–Kier alpha value is -3.94. The van der Waals surface area contributed by atoms with Gasteiger partial charge in [0, 0.05) is 16.1 Å². The van der Waals surface area contributed by atoms with Gasteiger partial charge in [-0.15, -0.1) is 0 Å². The summed E-state index contributed by atoms with van der Waals surface area (Å²) < 4.78 is 13.3. The predicted octanol–water partition coefficient (Wildman–Crippen LogP) is 5.03. The van der Waals surface area contributed by atoms with E-state index >= 15 is 0 Å². The maximum atomic E-state index is 13.8. The molecule has 192 valence electrons. The van der Waals surface area contributed by atoms with Gasteiger partial charge in [0.25, 0.3) is 5.56 Å². The summed E-state index contributed by atoms with van der Waals surface area (Å²) in [6.07, 6.45) is 2.33. The lowest BCUT2D eigenvalue weighted by Gasteiger charge is -2.25. The summed E-state index contributed by atoms with van der Waals surface area (Å²) in [5.74, 6) is 0.134. The molecule has 1 aliphatic heterocycles. The van der Waals surface area contributed by atoms with Crippen LogP contribution in [0, 0.1) is 0 Å². The fourth-order valence-corrected chi connectivity index (χ4v) is 5.66. The minimum Gasteiger partial charge on any atom is -0.488 e. The number of aromatic nitrogens is 1. The summed E-state index contributed by atoms with van der Waals surface area (Å²) in [5, 5.41) is 0.632. The first kappa shape index (κ1) is 25.7. The highest BCUT2D eigenvalue weighted by Crippen LogP contribution is 2.31. The van der Waals surface area contributed by atoms with Gasteiger partial charge >= 0.3 is 5.97 Å². The molecule has 6 nitrogen and oxygen atoms in total. The molecule has 0 unspecified atom stereocenters. The molecule has 0 bridgehead atoms. The largest absolute Gasteiger partial charge is 0.488 e. The molecule has 0 radical (unpaired) electrons. The number of halogens is 1. The van der Waals surface area contributed by atoms with Crippen molar-refractivity contribution in [1.29, 1.82) is 0 Å². The van der Waals surface area contributed by atoms with E-state index in [-0.39, 0.29) is 5.56 Å². The van der Waals surface area contributed by atoms with E-state index in [0.717, 1.165) is 16.7 Å². The highest BCUT2D eigenvalue weighted by Gasteiger charge is 2.33. The Labute approximate surface area is 228 Å². The zero-order chi connectivity index (χ0) is 26.6. The van der Waals surface area contributed by atoms with Crippen LogP contribution in [-0.4, -0.2) is 17.6 Å². The average Bonchev–Trinajstić information content (AvgIpc) is 3.26. The number of carbonyl (C=O) groups excluding carboxylic acids is 1. The zero-order valence-electron chi connectivity index (χ0n) is 20.9. The molecule has 0 spiro atoms. The van der Waals surface area contributed by atoms with Crippen molar-refractivity contribution in [3.05, 3.63) is 132 Å². The van der Waals surface area contributed by atoms with Crippen molar-refractivity contribution in [1.82, 2.24) is 4.57 Å². The molecule has 0 amide bonds. The van der Waals surface area contributed by atoms with Crippen molar-refractivity contribution in [2.24, 2.45) is 4.99 Å². The number of para-hydroxylation sites is 1. The Morgan fingerprint density at radius 3 is 2.50 bits per heavy atom. The topological polar surface area (TPSA) is 69.9 Å². The third-order valence-electron chi connectivity index (χ3n) is 6.31. The van der Waals surface area contributed by atoms with Crippen LogP contribution in [0.3, 0.4) is 0 Å². The molecule has 8 heteroatoms. The summed E-state index contributed by atoms with van der Waals surface area (Å²) in [4.78, 5) is 32.0. The fraction of sp³-hybridized carbons (Fsp3) is 0.167. The third kappa shape index (κ3) is 4.95. The van der Waals surface area contributed by atoms with E-state index < -0.39 is 12.0 Å². The second-order valence-corrected chi connectivity index (χ2v) is 10.0. The zero-order valence-corrected chi connectivity index (χ0v) is 22.5. The van der Waals surface area contributed by atoms with Crippen LogP contribution >= 0.6 is 22.9 Å². The number of nitrogens with zero attached hydrogens (tertiary/aromatic N) is 2. The number of carbonyl (C=O) groups is 1. The van der Waals surface area contributed by atoms with E-state index in [4.69, 9.17) is 26.1 Å². The Morgan fingerprint density at radius 2 is 1.76 bits per heavy atom. The van der Waals surface area contributed by atoms with E-state index in [9.17, 15) is 9.59 Å². The Balaban J connectivity index is 1.62. The number of hydrogen-bond donors (Lipinski definition) is 0. The number of allylic oxidation sites excluding steroid dienone is 1. The number of fused-ring (bicyclic) bond motifs is 1. The van der Waals surface area contributed by atoms with Crippen LogP contribution in [0.5, 0.6) is 5.75 Å². The molecule has 1 atom stereocenters. The number of benzene rings is 3. The number of methoxy groups -OCH3 is 1. The minimum atomic E-state index is -0.635. The van der Waals surface area contributed by atoms with Crippen molar-refractivity contribution in [3.63, 3.8) is 0 Å². The molecule has 5 rings (SSSR count). The number of esters is 1. The maximum absolute atomic E-state index is 13.8. The van der Waals surface area contributed by atoms with E-state index in [1.54, 1.807) is 10.6 Å². The van der Waals surface area contributed by atoms with Crippen molar-refractivity contribution in [2.75, 3.05) is 7.11 Å². The van der Waals surface area contributed by atoms with Crippen molar-refractivity contribution < 1.29 is 14.3 Å². The molecule has 1 aliphatic rings. The lowest BCUT2D eigenvalue weighted by Crippen LogP contribution is -2.40. The van der Waals surface area contributed by atoms with Gasteiger partial charge in [0.05, 0.1) is 29.0 Å². The first-order chi connectivity index (χ1) is 18.5.